The normalized spacial score (nSPS) is 13.6. The zero-order valence-corrected chi connectivity index (χ0v) is 21.0. The lowest BCUT2D eigenvalue weighted by Gasteiger charge is -2.26. The minimum Gasteiger partial charge on any atom is -0.459 e. The van der Waals surface area contributed by atoms with Gasteiger partial charge in [-0.1, -0.05) is 53.4 Å². The van der Waals surface area contributed by atoms with Crippen LogP contribution in [0.5, 0.6) is 0 Å². The Hall–Kier alpha value is -0.950. The van der Waals surface area contributed by atoms with E-state index < -0.39 is 26.0 Å². The van der Waals surface area contributed by atoms with Crippen molar-refractivity contribution in [3.05, 3.63) is 0 Å². The second kappa shape index (κ2) is 18.6. The molecular formula is C22H43O8P. The van der Waals surface area contributed by atoms with Gasteiger partial charge >= 0.3 is 19.8 Å². The molecule has 0 aromatic rings. The van der Waals surface area contributed by atoms with E-state index in [-0.39, 0.29) is 38.6 Å². The summed E-state index contributed by atoms with van der Waals surface area (Å²) < 4.78 is 40.2. The van der Waals surface area contributed by atoms with Crippen LogP contribution in [0.2, 0.25) is 0 Å². The number of ether oxygens (including phenoxy) is 2. The monoisotopic (exact) mass is 466 g/mol. The average Bonchev–Trinajstić information content (AvgIpc) is 2.74. The number of hydrogen-bond donors (Lipinski definition) is 0. The van der Waals surface area contributed by atoms with Crippen LogP contribution in [0.1, 0.15) is 98.8 Å². The van der Waals surface area contributed by atoms with Crippen LogP contribution in [0.15, 0.2) is 0 Å². The fourth-order valence-corrected chi connectivity index (χ4v) is 3.65. The number of hydrogen-bond acceptors (Lipinski definition) is 8. The molecule has 0 aliphatic heterocycles. The second-order valence-corrected chi connectivity index (χ2v) is 9.22. The van der Waals surface area contributed by atoms with E-state index in [0.717, 1.165) is 32.1 Å². The standard InChI is InChI=1S/C22H43O8P/c1-6-10-14-21(23)29-19(5)20(30-22(24)15-11-7-2)18-28-31(25,26-16-12-8-3)27-17-13-9-4/h19-20H,6-18H2,1-5H3/t19-,20-/m0/s1. The summed E-state index contributed by atoms with van der Waals surface area (Å²) in [4.78, 5) is 24.2. The van der Waals surface area contributed by atoms with E-state index in [1.165, 1.54) is 0 Å². The lowest BCUT2D eigenvalue weighted by atomic mass is 10.2. The highest BCUT2D eigenvalue weighted by Gasteiger charge is 2.32. The molecule has 0 rings (SSSR count). The van der Waals surface area contributed by atoms with Crippen molar-refractivity contribution in [1.29, 1.82) is 0 Å². The first kappa shape index (κ1) is 30.0. The highest BCUT2D eigenvalue weighted by molar-refractivity contribution is 7.48. The van der Waals surface area contributed by atoms with Gasteiger partial charge < -0.3 is 9.47 Å². The maximum atomic E-state index is 13.0. The second-order valence-electron chi connectivity index (χ2n) is 7.55. The number of rotatable bonds is 20. The van der Waals surface area contributed by atoms with Crippen LogP contribution in [-0.2, 0) is 37.2 Å². The summed E-state index contributed by atoms with van der Waals surface area (Å²) in [6.45, 7) is 9.80. The number of unbranched alkanes of at least 4 members (excludes halogenated alkanes) is 4. The zero-order chi connectivity index (χ0) is 23.5. The Morgan fingerprint density at radius 3 is 1.61 bits per heavy atom. The summed E-state index contributed by atoms with van der Waals surface area (Å²) in [6.07, 6.45) is 5.18. The van der Waals surface area contributed by atoms with Gasteiger partial charge in [-0.3, -0.25) is 23.2 Å². The van der Waals surface area contributed by atoms with Crippen LogP contribution in [0.4, 0.5) is 0 Å². The molecule has 31 heavy (non-hydrogen) atoms. The SMILES string of the molecule is CCCCOP(=O)(OCCCC)OC[C@H](OC(=O)CCCC)[C@H](C)OC(=O)CCCC. The molecule has 0 amide bonds. The molecule has 184 valence electrons. The molecule has 0 unspecified atom stereocenters. The molecule has 0 aliphatic rings. The molecule has 0 saturated heterocycles. The number of carbonyl (C=O) groups excluding carboxylic acids is 2. The minimum absolute atomic E-state index is 0.239. The molecule has 0 bridgehead atoms. The summed E-state index contributed by atoms with van der Waals surface area (Å²) in [7, 11) is -3.82. The fraction of sp³-hybridized carbons (Fsp3) is 0.909. The molecule has 0 radical (unpaired) electrons. The van der Waals surface area contributed by atoms with Gasteiger partial charge in [-0.15, -0.1) is 0 Å². The van der Waals surface area contributed by atoms with Gasteiger partial charge in [0.1, 0.15) is 6.10 Å². The van der Waals surface area contributed by atoms with E-state index >= 15 is 0 Å². The summed E-state index contributed by atoms with van der Waals surface area (Å²) in [5.41, 5.74) is 0. The fourth-order valence-electron chi connectivity index (χ4n) is 2.40. The van der Waals surface area contributed by atoms with Crippen LogP contribution in [-0.4, -0.2) is 44.0 Å². The first-order chi connectivity index (χ1) is 14.8. The maximum absolute atomic E-state index is 13.0. The molecule has 0 aromatic carbocycles. The summed E-state index contributed by atoms with van der Waals surface area (Å²) in [6, 6.07) is 0. The summed E-state index contributed by atoms with van der Waals surface area (Å²) in [5.74, 6) is -0.786. The molecule has 0 saturated carbocycles. The first-order valence-corrected chi connectivity index (χ1v) is 13.2. The largest absolute Gasteiger partial charge is 0.474 e. The highest BCUT2D eigenvalue weighted by Crippen LogP contribution is 2.50. The van der Waals surface area contributed by atoms with E-state index in [0.29, 0.717) is 19.3 Å². The lowest BCUT2D eigenvalue weighted by molar-refractivity contribution is -0.169. The van der Waals surface area contributed by atoms with E-state index in [4.69, 9.17) is 23.0 Å². The average molecular weight is 467 g/mol. The molecule has 0 fully saturated rings. The lowest BCUT2D eigenvalue weighted by Crippen LogP contribution is -2.36. The minimum atomic E-state index is -3.82. The molecule has 8 nitrogen and oxygen atoms in total. The Bertz CT molecular complexity index is 512. The number of carbonyl (C=O) groups is 2. The Balaban J connectivity index is 5.12. The highest BCUT2D eigenvalue weighted by atomic mass is 31.2. The predicted molar refractivity (Wildman–Crippen MR) is 120 cm³/mol. The third-order valence-corrected chi connectivity index (χ3v) is 5.95. The van der Waals surface area contributed by atoms with Gasteiger partial charge in [0.15, 0.2) is 6.10 Å². The van der Waals surface area contributed by atoms with Gasteiger partial charge in [-0.25, -0.2) is 4.57 Å². The molecular weight excluding hydrogens is 423 g/mol. The Labute approximate surface area is 188 Å². The summed E-state index contributed by atoms with van der Waals surface area (Å²) >= 11 is 0. The van der Waals surface area contributed by atoms with Crippen LogP contribution in [0, 0.1) is 0 Å². The van der Waals surface area contributed by atoms with Gasteiger partial charge in [0, 0.05) is 12.8 Å². The molecule has 0 spiro atoms. The van der Waals surface area contributed by atoms with Crippen molar-refractivity contribution in [2.75, 3.05) is 19.8 Å². The molecule has 0 aliphatic carbocycles. The van der Waals surface area contributed by atoms with Crippen LogP contribution >= 0.6 is 7.82 Å². The van der Waals surface area contributed by atoms with Crippen molar-refractivity contribution >= 4 is 19.8 Å². The van der Waals surface area contributed by atoms with Crippen molar-refractivity contribution in [3.8, 4) is 0 Å². The van der Waals surface area contributed by atoms with Crippen molar-refractivity contribution in [3.63, 3.8) is 0 Å². The number of phosphoric ester groups is 1. The number of esters is 2. The van der Waals surface area contributed by atoms with Crippen molar-refractivity contribution in [2.24, 2.45) is 0 Å². The Morgan fingerprint density at radius 2 is 1.16 bits per heavy atom. The molecule has 9 heteroatoms. The van der Waals surface area contributed by atoms with Crippen LogP contribution < -0.4 is 0 Å². The van der Waals surface area contributed by atoms with Gasteiger partial charge in [0.2, 0.25) is 0 Å². The van der Waals surface area contributed by atoms with E-state index in [9.17, 15) is 14.2 Å². The predicted octanol–water partition coefficient (Wildman–Crippen LogP) is 5.97. The summed E-state index contributed by atoms with van der Waals surface area (Å²) in [5, 5.41) is 0. The smallest absolute Gasteiger partial charge is 0.459 e. The van der Waals surface area contributed by atoms with Crippen molar-refractivity contribution < 1.29 is 37.2 Å². The Kier molecular flexibility index (Phi) is 18.0. The topological polar surface area (TPSA) is 97.4 Å². The van der Waals surface area contributed by atoms with Crippen LogP contribution in [0.25, 0.3) is 0 Å². The van der Waals surface area contributed by atoms with Gasteiger partial charge in [0.05, 0.1) is 19.8 Å². The molecule has 0 aromatic heterocycles. The number of phosphoric acid groups is 1. The van der Waals surface area contributed by atoms with Gasteiger partial charge in [-0.05, 0) is 32.6 Å². The molecule has 0 N–H and O–H groups in total. The van der Waals surface area contributed by atoms with Gasteiger partial charge in [-0.2, -0.15) is 0 Å². The van der Waals surface area contributed by atoms with Crippen LogP contribution in [0.3, 0.4) is 0 Å². The third-order valence-electron chi connectivity index (χ3n) is 4.48. The van der Waals surface area contributed by atoms with E-state index in [2.05, 4.69) is 0 Å². The van der Waals surface area contributed by atoms with E-state index in [1.807, 2.05) is 27.7 Å². The molecule has 2 atom stereocenters. The first-order valence-electron chi connectivity index (χ1n) is 11.7. The van der Waals surface area contributed by atoms with Gasteiger partial charge in [0.25, 0.3) is 0 Å². The Morgan fingerprint density at radius 1 is 0.710 bits per heavy atom. The van der Waals surface area contributed by atoms with Crippen molar-refractivity contribution in [1.82, 2.24) is 0 Å². The van der Waals surface area contributed by atoms with Crippen molar-refractivity contribution in [2.45, 2.75) is 111 Å². The quantitative estimate of drug-likeness (QED) is 0.123. The maximum Gasteiger partial charge on any atom is 0.474 e. The third kappa shape index (κ3) is 15.5. The van der Waals surface area contributed by atoms with E-state index in [1.54, 1.807) is 6.92 Å². The molecule has 0 heterocycles. The zero-order valence-electron chi connectivity index (χ0n) is 20.1.